The summed E-state index contributed by atoms with van der Waals surface area (Å²) in [5, 5.41) is 10.1. The molecule has 0 aromatic carbocycles. The average Bonchev–Trinajstić information content (AvgIpc) is 3.16. The van der Waals surface area contributed by atoms with Crippen molar-refractivity contribution in [2.24, 2.45) is 0 Å². The molecule has 6 nitrogen and oxygen atoms in total. The van der Waals surface area contributed by atoms with Gasteiger partial charge in [0.15, 0.2) is 11.6 Å². The molecule has 21 heavy (non-hydrogen) atoms. The molecule has 0 aromatic heterocycles. The normalized spacial score (nSPS) is 24.3. The van der Waals surface area contributed by atoms with Gasteiger partial charge in [-0.15, -0.1) is 0 Å². The molecule has 0 amide bonds. The molecule has 0 saturated carbocycles. The predicted molar refractivity (Wildman–Crippen MR) is 83.3 cm³/mol. The van der Waals surface area contributed by atoms with E-state index in [-0.39, 0.29) is 0 Å². The first-order chi connectivity index (χ1) is 10.3. The number of hydrazine groups is 1. The standard InChI is InChI=1S/C15H20N6/c1-3-5-6-13-12(4-2)20-14(15-16-7-8-21(13)15)19-11-9-17-18-10-11/h3-9,16-20H,10H2,1-2H3/b5-3-,12-4+,13-6+. The zero-order chi connectivity index (χ0) is 14.7. The van der Waals surface area contributed by atoms with E-state index in [1.807, 2.05) is 44.6 Å². The SMILES string of the molecule is C\C=C/C=C1\C(=C/C)NC(NC2=CNNC2)=C2NC=CN21. The van der Waals surface area contributed by atoms with E-state index < -0.39 is 0 Å². The number of fused-ring (bicyclic) bond motifs is 1. The largest absolute Gasteiger partial charge is 0.343 e. The van der Waals surface area contributed by atoms with Gasteiger partial charge >= 0.3 is 0 Å². The lowest BCUT2D eigenvalue weighted by atomic mass is 10.2. The van der Waals surface area contributed by atoms with Crippen molar-refractivity contribution in [3.05, 3.63) is 71.6 Å². The number of allylic oxidation sites excluding steroid dienone is 4. The van der Waals surface area contributed by atoms with Crippen LogP contribution in [0, 0.1) is 0 Å². The van der Waals surface area contributed by atoms with E-state index in [0.29, 0.717) is 0 Å². The maximum atomic E-state index is 3.45. The first-order valence-electron chi connectivity index (χ1n) is 7.01. The molecular formula is C15H20N6. The molecular weight excluding hydrogens is 264 g/mol. The third kappa shape index (κ3) is 2.53. The molecule has 0 unspecified atom stereocenters. The van der Waals surface area contributed by atoms with Crippen LogP contribution in [0.1, 0.15) is 13.8 Å². The zero-order valence-electron chi connectivity index (χ0n) is 12.2. The highest BCUT2D eigenvalue weighted by Crippen LogP contribution is 2.28. The van der Waals surface area contributed by atoms with Gasteiger partial charge in [0.2, 0.25) is 0 Å². The predicted octanol–water partition coefficient (Wildman–Crippen LogP) is 0.995. The van der Waals surface area contributed by atoms with Crippen LogP contribution >= 0.6 is 0 Å². The van der Waals surface area contributed by atoms with E-state index in [1.54, 1.807) is 0 Å². The topological polar surface area (TPSA) is 63.4 Å². The number of hydrogen-bond acceptors (Lipinski definition) is 6. The molecule has 3 aliphatic heterocycles. The number of nitrogens with zero attached hydrogens (tertiary/aromatic N) is 1. The lowest BCUT2D eigenvalue weighted by Gasteiger charge is -2.32. The Hall–Kier alpha value is -2.60. The van der Waals surface area contributed by atoms with Gasteiger partial charge in [-0.05, 0) is 19.9 Å². The van der Waals surface area contributed by atoms with Gasteiger partial charge in [-0.3, -0.25) is 4.90 Å². The fourth-order valence-electron chi connectivity index (χ4n) is 2.36. The monoisotopic (exact) mass is 284 g/mol. The smallest absolute Gasteiger partial charge is 0.156 e. The third-order valence-electron chi connectivity index (χ3n) is 3.36. The second-order valence-corrected chi connectivity index (χ2v) is 4.75. The average molecular weight is 284 g/mol. The summed E-state index contributed by atoms with van der Waals surface area (Å²) in [4.78, 5) is 2.13. The lowest BCUT2D eigenvalue weighted by Crippen LogP contribution is -2.40. The maximum absolute atomic E-state index is 3.45. The zero-order valence-corrected chi connectivity index (χ0v) is 12.2. The number of nitrogens with one attached hydrogen (secondary N) is 5. The van der Waals surface area contributed by atoms with Crippen molar-refractivity contribution in [2.45, 2.75) is 13.8 Å². The van der Waals surface area contributed by atoms with Crippen molar-refractivity contribution in [3.8, 4) is 0 Å². The molecule has 0 atom stereocenters. The van der Waals surface area contributed by atoms with Crippen molar-refractivity contribution in [1.29, 1.82) is 0 Å². The first kappa shape index (κ1) is 13.4. The van der Waals surface area contributed by atoms with Crippen LogP contribution in [-0.2, 0) is 0 Å². The minimum atomic E-state index is 0.762. The molecule has 0 bridgehead atoms. The van der Waals surface area contributed by atoms with Crippen molar-refractivity contribution in [2.75, 3.05) is 6.54 Å². The first-order valence-corrected chi connectivity index (χ1v) is 7.01. The molecule has 0 spiro atoms. The molecule has 0 saturated heterocycles. The lowest BCUT2D eigenvalue weighted by molar-refractivity contribution is 0.515. The Labute approximate surface area is 124 Å². The molecule has 0 fully saturated rings. The molecule has 3 heterocycles. The molecule has 3 aliphatic rings. The van der Waals surface area contributed by atoms with Crippen LogP contribution in [0.15, 0.2) is 71.6 Å². The second-order valence-electron chi connectivity index (χ2n) is 4.75. The Kier molecular flexibility index (Phi) is 3.70. The summed E-state index contributed by atoms with van der Waals surface area (Å²) in [6, 6.07) is 0. The van der Waals surface area contributed by atoms with E-state index in [9.17, 15) is 0 Å². The highest BCUT2D eigenvalue weighted by atomic mass is 15.4. The molecule has 0 radical (unpaired) electrons. The Morgan fingerprint density at radius 1 is 1.33 bits per heavy atom. The Bertz CT molecular complexity index is 606. The third-order valence-corrected chi connectivity index (χ3v) is 3.36. The molecule has 0 aliphatic carbocycles. The van der Waals surface area contributed by atoms with Crippen LogP contribution in [0.3, 0.4) is 0 Å². The van der Waals surface area contributed by atoms with Gasteiger partial charge in [-0.25, -0.2) is 5.43 Å². The fourth-order valence-corrected chi connectivity index (χ4v) is 2.36. The summed E-state index contributed by atoms with van der Waals surface area (Å²) in [5.74, 6) is 1.92. The summed E-state index contributed by atoms with van der Waals surface area (Å²) in [5.41, 5.74) is 9.26. The summed E-state index contributed by atoms with van der Waals surface area (Å²) >= 11 is 0. The van der Waals surface area contributed by atoms with Crippen molar-refractivity contribution >= 4 is 0 Å². The molecule has 3 rings (SSSR count). The Morgan fingerprint density at radius 3 is 2.95 bits per heavy atom. The highest BCUT2D eigenvalue weighted by molar-refractivity contribution is 5.44. The number of hydrogen-bond donors (Lipinski definition) is 5. The van der Waals surface area contributed by atoms with E-state index in [2.05, 4.69) is 43.9 Å². The quantitative estimate of drug-likeness (QED) is 0.533. The van der Waals surface area contributed by atoms with E-state index in [0.717, 1.165) is 35.3 Å². The Balaban J connectivity index is 1.94. The molecule has 0 aromatic rings. The fraction of sp³-hybridized carbons (Fsp3) is 0.200. The van der Waals surface area contributed by atoms with Crippen LogP contribution in [0.25, 0.3) is 0 Å². The summed E-state index contributed by atoms with van der Waals surface area (Å²) in [7, 11) is 0. The van der Waals surface area contributed by atoms with Crippen LogP contribution < -0.4 is 26.8 Å². The van der Waals surface area contributed by atoms with E-state index >= 15 is 0 Å². The molecule has 5 N–H and O–H groups in total. The van der Waals surface area contributed by atoms with Gasteiger partial charge in [0, 0.05) is 24.3 Å². The van der Waals surface area contributed by atoms with Crippen LogP contribution in [0.5, 0.6) is 0 Å². The van der Waals surface area contributed by atoms with Crippen molar-refractivity contribution < 1.29 is 0 Å². The molecule has 110 valence electrons. The Morgan fingerprint density at radius 2 is 2.24 bits per heavy atom. The second kappa shape index (κ2) is 5.80. The van der Waals surface area contributed by atoms with E-state index in [1.165, 1.54) is 0 Å². The van der Waals surface area contributed by atoms with Crippen LogP contribution in [-0.4, -0.2) is 11.4 Å². The van der Waals surface area contributed by atoms with Gasteiger partial charge in [0.05, 0.1) is 17.9 Å². The van der Waals surface area contributed by atoms with Crippen LogP contribution in [0.2, 0.25) is 0 Å². The highest BCUT2D eigenvalue weighted by Gasteiger charge is 2.28. The van der Waals surface area contributed by atoms with Crippen LogP contribution in [0.4, 0.5) is 0 Å². The summed E-state index contributed by atoms with van der Waals surface area (Å²) < 4.78 is 0. The minimum Gasteiger partial charge on any atom is -0.343 e. The maximum Gasteiger partial charge on any atom is 0.156 e. The summed E-state index contributed by atoms with van der Waals surface area (Å²) in [6.45, 7) is 4.80. The van der Waals surface area contributed by atoms with Gasteiger partial charge in [-0.2, -0.15) is 0 Å². The van der Waals surface area contributed by atoms with Gasteiger partial charge in [0.1, 0.15) is 0 Å². The van der Waals surface area contributed by atoms with Gasteiger partial charge < -0.3 is 21.4 Å². The minimum absolute atomic E-state index is 0.762. The summed E-state index contributed by atoms with van der Waals surface area (Å²) in [6.07, 6.45) is 14.1. The molecule has 6 heteroatoms. The van der Waals surface area contributed by atoms with Crippen molar-refractivity contribution in [1.82, 2.24) is 31.7 Å². The van der Waals surface area contributed by atoms with Gasteiger partial charge in [-0.1, -0.05) is 18.2 Å². The van der Waals surface area contributed by atoms with Crippen molar-refractivity contribution in [3.63, 3.8) is 0 Å². The van der Waals surface area contributed by atoms with Gasteiger partial charge in [0.25, 0.3) is 0 Å². The van der Waals surface area contributed by atoms with E-state index in [4.69, 9.17) is 0 Å². The number of rotatable bonds is 3.